The summed E-state index contributed by atoms with van der Waals surface area (Å²) in [5.74, 6) is 2.79. The quantitative estimate of drug-likeness (QED) is 0.0913. The number of hydrogen-bond acceptors (Lipinski definition) is 4. The number of halogens is 1. The van der Waals surface area contributed by atoms with Gasteiger partial charge in [0.25, 0.3) is 0 Å². The summed E-state index contributed by atoms with van der Waals surface area (Å²) < 4.78 is 8.72. The van der Waals surface area contributed by atoms with E-state index in [4.69, 9.17) is 31.9 Å². The van der Waals surface area contributed by atoms with E-state index in [0.717, 1.165) is 0 Å². The molecule has 0 aliphatic rings. The van der Waals surface area contributed by atoms with Crippen molar-refractivity contribution in [2.24, 2.45) is 14.1 Å². The molecule has 10 nitrogen and oxygen atoms in total. The van der Waals surface area contributed by atoms with E-state index in [9.17, 15) is 0 Å². The third-order valence-electron chi connectivity index (χ3n) is 5.86. The van der Waals surface area contributed by atoms with Crippen LogP contribution >= 0.6 is 0 Å². The molecule has 0 radical (unpaired) electrons. The van der Waals surface area contributed by atoms with Gasteiger partial charge in [-0.15, -0.1) is 0 Å². The van der Waals surface area contributed by atoms with Gasteiger partial charge in [-0.1, -0.05) is 65.2 Å². The number of allylic oxidation sites excluding steroid dienone is 2. The summed E-state index contributed by atoms with van der Waals surface area (Å²) in [6.45, 7) is 6.87. The van der Waals surface area contributed by atoms with Gasteiger partial charge in [0.15, 0.2) is 0 Å². The predicted octanol–water partition coefficient (Wildman–Crippen LogP) is -0.248. The van der Waals surface area contributed by atoms with Crippen LogP contribution in [0.2, 0.25) is 0 Å². The Labute approximate surface area is 313 Å². The molecule has 2 heterocycles. The predicted molar refractivity (Wildman–Crippen MR) is 164 cm³/mol. The fourth-order valence-electron chi connectivity index (χ4n) is 3.57. The van der Waals surface area contributed by atoms with Crippen molar-refractivity contribution >= 4 is 11.7 Å². The van der Waals surface area contributed by atoms with Gasteiger partial charge < -0.3 is 23.2 Å². The van der Waals surface area contributed by atoms with E-state index >= 15 is 0 Å². The van der Waals surface area contributed by atoms with Crippen molar-refractivity contribution in [1.82, 2.24) is 9.13 Å². The van der Waals surface area contributed by atoms with Gasteiger partial charge in [0.1, 0.15) is 60.2 Å². The van der Waals surface area contributed by atoms with Crippen molar-refractivity contribution in [3.05, 3.63) is 59.4 Å². The minimum atomic E-state index is -0.403. The molecule has 0 saturated carbocycles. The summed E-state index contributed by atoms with van der Waals surface area (Å²) >= 11 is 0. The van der Waals surface area contributed by atoms with Crippen molar-refractivity contribution < 1.29 is 72.9 Å². The number of unbranched alkanes of at least 4 members (excludes halogenated alkanes) is 10. The van der Waals surface area contributed by atoms with E-state index in [0.29, 0.717) is 0 Å². The van der Waals surface area contributed by atoms with Gasteiger partial charge in [-0.2, -0.15) is 21.0 Å². The summed E-state index contributed by atoms with van der Waals surface area (Å²) in [5.41, 5.74) is -0.806. The molecule has 0 N–H and O–H groups in total. The Morgan fingerprint density at radius 2 is 0.886 bits per heavy atom. The number of aromatic nitrogens is 4. The van der Waals surface area contributed by atoms with Crippen LogP contribution in [0.15, 0.2) is 48.6 Å². The first-order valence-corrected chi connectivity index (χ1v) is 14.5. The van der Waals surface area contributed by atoms with Crippen LogP contribution in [0.4, 0.5) is 0 Å². The molecule has 44 heavy (non-hydrogen) atoms. The van der Waals surface area contributed by atoms with Gasteiger partial charge in [0.05, 0.1) is 27.2 Å². The van der Waals surface area contributed by atoms with Crippen LogP contribution in [-0.2, 0) is 27.2 Å². The van der Waals surface area contributed by atoms with Crippen molar-refractivity contribution in [3.8, 4) is 24.3 Å². The number of nitrogens with zero attached hydrogens (tertiary/aromatic N) is 10. The van der Waals surface area contributed by atoms with Crippen LogP contribution in [0.3, 0.4) is 0 Å². The van der Waals surface area contributed by atoms with Gasteiger partial charge in [-0.25, -0.2) is 30.0 Å². The SMILES string of the molecule is CCCCCCCCn1cc[n+](C)c1.CCCCCCCCn1cc[n+](C)c1.N#CC(=C=[N-])C#N.N#CC(=C=[N-])C#N.[Cl-].[K+]. The Bertz CT molecular complexity index is 1130. The molecule has 232 valence electrons. The minimum absolute atomic E-state index is 0. The molecule has 0 fully saturated rings. The molecule has 0 bridgehead atoms. The summed E-state index contributed by atoms with van der Waals surface area (Å²) in [7, 11) is 4.13. The number of aryl methyl sites for hydroxylation is 4. The van der Waals surface area contributed by atoms with Crippen molar-refractivity contribution in [1.29, 1.82) is 21.0 Å². The van der Waals surface area contributed by atoms with Gasteiger partial charge in [0.2, 0.25) is 12.7 Å². The second-order valence-corrected chi connectivity index (χ2v) is 9.59. The molecule has 0 saturated heterocycles. The van der Waals surface area contributed by atoms with Crippen molar-refractivity contribution in [2.75, 3.05) is 0 Å². The number of nitriles is 4. The molecule has 2 rings (SSSR count). The third kappa shape index (κ3) is 30.7. The van der Waals surface area contributed by atoms with Crippen LogP contribution in [0.1, 0.15) is 90.9 Å². The first-order valence-electron chi connectivity index (χ1n) is 14.5. The number of hydrogen-bond donors (Lipinski definition) is 0. The molecule has 0 atom stereocenters. The second kappa shape index (κ2) is 36.4. The maximum atomic E-state index is 7.79. The molecule has 0 aromatic carbocycles. The standard InChI is InChI=1S/2C12H23N2.2C4N3.ClH.K/c2*1-3-4-5-6-7-8-9-14-11-10-13(2)12-14;2*5-1-4(2-6)3-7;;/h2*10-12H,3-9H2,1-2H3;;;1H;/q2*+1;2*-1;;+1/p-1. The van der Waals surface area contributed by atoms with Gasteiger partial charge in [0, 0.05) is 0 Å². The summed E-state index contributed by atoms with van der Waals surface area (Å²) in [6.07, 6.45) is 29.3. The zero-order valence-electron chi connectivity index (χ0n) is 27.2. The Hall–Kier alpha value is -2.79. The van der Waals surface area contributed by atoms with Crippen LogP contribution < -0.4 is 72.9 Å². The molecular formula is C32H46ClKN10. The molecule has 0 amide bonds. The molecule has 0 unspecified atom stereocenters. The fraction of sp³-hybridized carbons (Fsp3) is 0.562. The maximum Gasteiger partial charge on any atom is 1.00 e. The van der Waals surface area contributed by atoms with Gasteiger partial charge >= 0.3 is 51.4 Å². The molecule has 2 aromatic rings. The fourth-order valence-corrected chi connectivity index (χ4v) is 3.57. The van der Waals surface area contributed by atoms with Crippen LogP contribution in [0.25, 0.3) is 10.8 Å². The van der Waals surface area contributed by atoms with Crippen molar-refractivity contribution in [2.45, 2.75) is 104 Å². The van der Waals surface area contributed by atoms with Crippen LogP contribution in [0.5, 0.6) is 0 Å². The van der Waals surface area contributed by atoms with Gasteiger partial charge in [-0.3, -0.25) is 0 Å². The zero-order chi connectivity index (χ0) is 31.8. The number of imidazole rings is 2. The minimum Gasteiger partial charge on any atom is -1.00 e. The Morgan fingerprint density at radius 3 is 1.09 bits per heavy atom. The summed E-state index contributed by atoms with van der Waals surface area (Å²) in [6, 6.07) is 5.58. The average molecular weight is 645 g/mol. The van der Waals surface area contributed by atoms with E-state index in [2.05, 4.69) is 83.7 Å². The Kier molecular flexibility index (Phi) is 39.8. The smallest absolute Gasteiger partial charge is 1.00 e. The summed E-state index contributed by atoms with van der Waals surface area (Å²) in [5, 5.41) is 46.8. The first kappa shape index (κ1) is 48.1. The molecular weight excluding hydrogens is 599 g/mol. The average Bonchev–Trinajstić information content (AvgIpc) is 3.62. The molecule has 12 heteroatoms. The normalized spacial score (nSPS) is 8.36. The monoisotopic (exact) mass is 644 g/mol. The molecule has 0 aliphatic heterocycles. The maximum absolute atomic E-state index is 7.79. The van der Waals surface area contributed by atoms with E-state index in [1.54, 1.807) is 0 Å². The van der Waals surface area contributed by atoms with Crippen molar-refractivity contribution in [3.63, 3.8) is 0 Å². The van der Waals surface area contributed by atoms with Crippen LogP contribution in [-0.4, -0.2) is 20.9 Å². The van der Waals surface area contributed by atoms with Gasteiger partial charge in [-0.05, 0) is 25.7 Å². The molecule has 0 spiro atoms. The van der Waals surface area contributed by atoms with E-state index < -0.39 is 11.1 Å². The Morgan fingerprint density at radius 1 is 0.591 bits per heavy atom. The molecule has 2 aromatic heterocycles. The first-order chi connectivity index (χ1) is 20.3. The molecule has 0 aliphatic carbocycles. The van der Waals surface area contributed by atoms with E-state index in [-0.39, 0.29) is 63.8 Å². The zero-order valence-corrected chi connectivity index (χ0v) is 31.1. The number of rotatable bonds is 14. The largest absolute Gasteiger partial charge is 1.00 e. The second-order valence-electron chi connectivity index (χ2n) is 9.59. The van der Waals surface area contributed by atoms with Crippen LogP contribution in [0, 0.1) is 45.3 Å². The Balaban J connectivity index is -0.000000252. The van der Waals surface area contributed by atoms with E-state index in [1.165, 1.54) is 126 Å². The topological polar surface area (TPSA) is 157 Å². The third-order valence-corrected chi connectivity index (χ3v) is 5.86. The summed E-state index contributed by atoms with van der Waals surface area (Å²) in [4.78, 5) is 0. The van der Waals surface area contributed by atoms with E-state index in [1.807, 2.05) is 0 Å².